The number of hydrogen-bond acceptors (Lipinski definition) is 3. The van der Waals surface area contributed by atoms with Crippen LogP contribution >= 0.6 is 0 Å². The largest absolute Gasteiger partial charge is 0.508 e. The molecule has 0 bridgehead atoms. The fourth-order valence-electron chi connectivity index (χ4n) is 2.14. The van der Waals surface area contributed by atoms with E-state index < -0.39 is 0 Å². The molecule has 19 heavy (non-hydrogen) atoms. The third-order valence-electron chi connectivity index (χ3n) is 3.09. The molecular weight excluding hydrogens is 240 g/mol. The van der Waals surface area contributed by atoms with Crippen LogP contribution in [0.2, 0.25) is 0 Å². The third kappa shape index (κ3) is 5.30. The lowest BCUT2D eigenvalue weighted by molar-refractivity contribution is -0.117. The molecule has 1 rings (SSSR count). The maximum Gasteiger partial charge on any atom is 0.224 e. The van der Waals surface area contributed by atoms with Gasteiger partial charge in [-0.1, -0.05) is 13.8 Å². The number of hydrogen-bond donors (Lipinski definition) is 3. The molecule has 1 atom stereocenters. The molecule has 0 aliphatic rings. The normalized spacial score (nSPS) is 12.5. The molecule has 4 nitrogen and oxygen atoms in total. The van der Waals surface area contributed by atoms with E-state index in [1.807, 2.05) is 0 Å². The van der Waals surface area contributed by atoms with Gasteiger partial charge in [0.05, 0.1) is 0 Å². The highest BCUT2D eigenvalue weighted by Crippen LogP contribution is 2.21. The summed E-state index contributed by atoms with van der Waals surface area (Å²) >= 11 is 0. The number of rotatable bonds is 6. The number of nitrogens with one attached hydrogen (secondary N) is 1. The van der Waals surface area contributed by atoms with Crippen molar-refractivity contribution in [2.45, 2.75) is 33.6 Å². The van der Waals surface area contributed by atoms with Gasteiger partial charge in [0.15, 0.2) is 0 Å². The Kier molecular flexibility index (Phi) is 5.83. The highest BCUT2D eigenvalue weighted by Gasteiger charge is 2.14. The monoisotopic (exact) mass is 264 g/mol. The molecule has 4 N–H and O–H groups in total. The van der Waals surface area contributed by atoms with Gasteiger partial charge in [-0.3, -0.25) is 4.79 Å². The van der Waals surface area contributed by atoms with Crippen LogP contribution < -0.4 is 11.1 Å². The molecular formula is C15H24N2O2. The van der Waals surface area contributed by atoms with Crippen molar-refractivity contribution >= 4 is 11.6 Å². The molecule has 0 aromatic heterocycles. The summed E-state index contributed by atoms with van der Waals surface area (Å²) in [6, 6.07) is 5.03. The number of carbonyl (C=O) groups is 1. The van der Waals surface area contributed by atoms with Gasteiger partial charge in [0.25, 0.3) is 0 Å². The Labute approximate surface area is 115 Å². The number of phenols is 1. The number of anilines is 1. The number of benzene rings is 1. The van der Waals surface area contributed by atoms with Crippen LogP contribution in [0, 0.1) is 18.8 Å². The van der Waals surface area contributed by atoms with Gasteiger partial charge >= 0.3 is 0 Å². The summed E-state index contributed by atoms with van der Waals surface area (Å²) in [5.41, 5.74) is 7.15. The molecule has 0 aliphatic heterocycles. The van der Waals surface area contributed by atoms with E-state index in [-0.39, 0.29) is 17.6 Å². The molecule has 1 amide bonds. The first kappa shape index (κ1) is 15.5. The smallest absolute Gasteiger partial charge is 0.224 e. The van der Waals surface area contributed by atoms with E-state index in [1.165, 1.54) is 0 Å². The molecule has 0 heterocycles. The zero-order valence-corrected chi connectivity index (χ0v) is 11.9. The van der Waals surface area contributed by atoms with Crippen LogP contribution in [0.1, 0.15) is 32.3 Å². The van der Waals surface area contributed by atoms with E-state index in [9.17, 15) is 9.90 Å². The predicted molar refractivity (Wildman–Crippen MR) is 78.1 cm³/mol. The molecule has 0 aliphatic carbocycles. The number of aryl methyl sites for hydroxylation is 1. The van der Waals surface area contributed by atoms with Gasteiger partial charge < -0.3 is 16.2 Å². The molecule has 1 aromatic carbocycles. The van der Waals surface area contributed by atoms with Gasteiger partial charge in [-0.2, -0.15) is 0 Å². The van der Waals surface area contributed by atoms with Gasteiger partial charge in [0.1, 0.15) is 5.75 Å². The van der Waals surface area contributed by atoms with Crippen LogP contribution in [-0.4, -0.2) is 17.6 Å². The molecule has 0 saturated heterocycles. The van der Waals surface area contributed by atoms with Crippen LogP contribution in [0.15, 0.2) is 18.2 Å². The highest BCUT2D eigenvalue weighted by atomic mass is 16.3. The number of aromatic hydroxyl groups is 1. The molecule has 0 spiro atoms. The van der Waals surface area contributed by atoms with E-state index in [1.54, 1.807) is 25.1 Å². The number of amides is 1. The number of nitrogens with two attached hydrogens (primary N) is 1. The average Bonchev–Trinajstić information content (AvgIpc) is 2.32. The highest BCUT2D eigenvalue weighted by molar-refractivity contribution is 5.91. The summed E-state index contributed by atoms with van der Waals surface area (Å²) in [5, 5.41) is 12.3. The van der Waals surface area contributed by atoms with Crippen LogP contribution in [0.5, 0.6) is 5.75 Å². The second-order valence-corrected chi connectivity index (χ2v) is 5.48. The Morgan fingerprint density at radius 1 is 1.42 bits per heavy atom. The van der Waals surface area contributed by atoms with E-state index >= 15 is 0 Å². The minimum atomic E-state index is -0.0267. The van der Waals surface area contributed by atoms with E-state index in [0.29, 0.717) is 24.6 Å². The van der Waals surface area contributed by atoms with E-state index in [2.05, 4.69) is 19.2 Å². The van der Waals surface area contributed by atoms with Crippen molar-refractivity contribution in [3.8, 4) is 5.75 Å². The first-order chi connectivity index (χ1) is 8.92. The standard InChI is InChI=1S/C15H24N2O2/c1-10(2)6-12(9-16)8-15(19)17-13-4-5-14(18)11(3)7-13/h4-5,7,10,12,18H,6,8-9,16H2,1-3H3,(H,17,19)/t12-/m0/s1. The lowest BCUT2D eigenvalue weighted by Crippen LogP contribution is -2.23. The fourth-order valence-corrected chi connectivity index (χ4v) is 2.14. The van der Waals surface area contributed by atoms with Crippen molar-refractivity contribution in [2.24, 2.45) is 17.6 Å². The quantitative estimate of drug-likeness (QED) is 0.691. The van der Waals surface area contributed by atoms with Crippen molar-refractivity contribution in [1.82, 2.24) is 0 Å². The topological polar surface area (TPSA) is 75.4 Å². The molecule has 0 unspecified atom stereocenters. The van der Waals surface area contributed by atoms with Gasteiger partial charge in [-0.15, -0.1) is 0 Å². The lowest BCUT2D eigenvalue weighted by Gasteiger charge is -2.16. The summed E-state index contributed by atoms with van der Waals surface area (Å²) in [6.45, 7) is 6.58. The molecule has 0 radical (unpaired) electrons. The van der Waals surface area contributed by atoms with Crippen molar-refractivity contribution in [2.75, 3.05) is 11.9 Å². The van der Waals surface area contributed by atoms with Crippen molar-refractivity contribution < 1.29 is 9.90 Å². The fraction of sp³-hybridized carbons (Fsp3) is 0.533. The zero-order chi connectivity index (χ0) is 14.4. The van der Waals surface area contributed by atoms with Crippen molar-refractivity contribution in [1.29, 1.82) is 0 Å². The number of carbonyl (C=O) groups excluding carboxylic acids is 1. The first-order valence-electron chi connectivity index (χ1n) is 6.72. The van der Waals surface area contributed by atoms with Crippen molar-refractivity contribution in [3.63, 3.8) is 0 Å². The third-order valence-corrected chi connectivity index (χ3v) is 3.09. The Bertz CT molecular complexity index is 430. The maximum absolute atomic E-state index is 11.9. The molecule has 1 aromatic rings. The second kappa shape index (κ2) is 7.14. The van der Waals surface area contributed by atoms with Crippen molar-refractivity contribution in [3.05, 3.63) is 23.8 Å². The zero-order valence-electron chi connectivity index (χ0n) is 11.9. The lowest BCUT2D eigenvalue weighted by atomic mass is 9.94. The Morgan fingerprint density at radius 2 is 2.11 bits per heavy atom. The summed E-state index contributed by atoms with van der Waals surface area (Å²) < 4.78 is 0. The molecule has 0 saturated carbocycles. The van der Waals surface area contributed by atoms with Gasteiger partial charge in [-0.05, 0) is 55.5 Å². The Hall–Kier alpha value is -1.55. The summed E-state index contributed by atoms with van der Waals surface area (Å²) in [6.07, 6.45) is 1.40. The predicted octanol–water partition coefficient (Wildman–Crippen LogP) is 2.65. The minimum Gasteiger partial charge on any atom is -0.508 e. The van der Waals surface area contributed by atoms with Gasteiger partial charge in [0, 0.05) is 12.1 Å². The van der Waals surface area contributed by atoms with Crippen LogP contribution in [0.3, 0.4) is 0 Å². The molecule has 4 heteroatoms. The number of phenolic OH excluding ortho intramolecular Hbond substituents is 1. The average molecular weight is 264 g/mol. The Balaban J connectivity index is 2.56. The SMILES string of the molecule is Cc1cc(NC(=O)C[C@@H](CN)CC(C)C)ccc1O. The maximum atomic E-state index is 11.9. The first-order valence-corrected chi connectivity index (χ1v) is 6.72. The van der Waals surface area contributed by atoms with Crippen LogP contribution in [0.4, 0.5) is 5.69 Å². The van der Waals surface area contributed by atoms with E-state index in [0.717, 1.165) is 12.0 Å². The summed E-state index contributed by atoms with van der Waals surface area (Å²) in [4.78, 5) is 11.9. The van der Waals surface area contributed by atoms with E-state index in [4.69, 9.17) is 5.73 Å². The summed E-state index contributed by atoms with van der Waals surface area (Å²) in [7, 11) is 0. The minimum absolute atomic E-state index is 0.0267. The molecule has 106 valence electrons. The Morgan fingerprint density at radius 3 is 2.63 bits per heavy atom. The van der Waals surface area contributed by atoms with Gasteiger partial charge in [0.2, 0.25) is 5.91 Å². The van der Waals surface area contributed by atoms with Crippen LogP contribution in [0.25, 0.3) is 0 Å². The second-order valence-electron chi connectivity index (χ2n) is 5.48. The molecule has 0 fully saturated rings. The van der Waals surface area contributed by atoms with Crippen LogP contribution in [-0.2, 0) is 4.79 Å². The summed E-state index contributed by atoms with van der Waals surface area (Å²) in [5.74, 6) is 0.967. The van der Waals surface area contributed by atoms with Gasteiger partial charge in [-0.25, -0.2) is 0 Å².